The second-order valence-corrected chi connectivity index (χ2v) is 6.16. The monoisotopic (exact) mass is 294 g/mol. The fraction of sp³-hybridized carbons (Fsp3) is 0.533. The molecule has 0 radical (unpaired) electrons. The van der Waals surface area contributed by atoms with E-state index >= 15 is 0 Å². The molecule has 0 aromatic heterocycles. The molecule has 0 bridgehead atoms. The highest BCUT2D eigenvalue weighted by Crippen LogP contribution is 2.36. The maximum atomic E-state index is 14.6. The van der Waals surface area contributed by atoms with E-state index in [0.717, 1.165) is 0 Å². The molecule has 2 rings (SSSR count). The first-order valence-electron chi connectivity index (χ1n) is 6.87. The Kier molecular flexibility index (Phi) is 4.13. The van der Waals surface area contributed by atoms with Crippen LogP contribution in [0.1, 0.15) is 33.3 Å². The van der Waals surface area contributed by atoms with E-state index in [0.29, 0.717) is 5.46 Å². The lowest BCUT2D eigenvalue weighted by atomic mass is 9.77. The zero-order valence-corrected chi connectivity index (χ0v) is 13.0. The molecule has 0 atom stereocenters. The molecule has 21 heavy (non-hydrogen) atoms. The van der Waals surface area contributed by atoms with E-state index in [-0.39, 0.29) is 12.0 Å². The summed E-state index contributed by atoms with van der Waals surface area (Å²) in [4.78, 5) is 11.3. The van der Waals surface area contributed by atoms with Crippen LogP contribution in [-0.2, 0) is 25.3 Å². The molecule has 1 aliphatic heterocycles. The SMILES string of the molecule is COC(=O)Cc1cccc(B2OC(C)(C)C(C)(C)O2)c1F. The number of ether oxygens (including phenoxy) is 1. The van der Waals surface area contributed by atoms with E-state index in [9.17, 15) is 9.18 Å². The molecule has 1 aromatic carbocycles. The molecule has 0 saturated carbocycles. The fourth-order valence-electron chi connectivity index (χ4n) is 2.12. The maximum Gasteiger partial charge on any atom is 0.497 e. The first-order valence-corrected chi connectivity index (χ1v) is 6.87. The first kappa shape index (κ1) is 16.0. The molecule has 1 heterocycles. The van der Waals surface area contributed by atoms with Gasteiger partial charge in [0.1, 0.15) is 5.82 Å². The summed E-state index contributed by atoms with van der Waals surface area (Å²) < 4.78 is 30.8. The van der Waals surface area contributed by atoms with Crippen LogP contribution < -0.4 is 5.46 Å². The van der Waals surface area contributed by atoms with Gasteiger partial charge in [-0.3, -0.25) is 4.79 Å². The summed E-state index contributed by atoms with van der Waals surface area (Å²) in [5.74, 6) is -0.971. The van der Waals surface area contributed by atoms with Crippen molar-refractivity contribution in [3.63, 3.8) is 0 Å². The van der Waals surface area contributed by atoms with Crippen molar-refractivity contribution in [1.29, 1.82) is 0 Å². The summed E-state index contributed by atoms with van der Waals surface area (Å²) in [6, 6.07) is 4.85. The number of esters is 1. The highest BCUT2D eigenvalue weighted by molar-refractivity contribution is 6.62. The lowest BCUT2D eigenvalue weighted by Gasteiger charge is -2.32. The molecular formula is C15H20BFO4. The van der Waals surface area contributed by atoms with Gasteiger partial charge in [-0.15, -0.1) is 0 Å². The average molecular weight is 294 g/mol. The first-order chi connectivity index (χ1) is 9.68. The van der Waals surface area contributed by atoms with Crippen molar-refractivity contribution in [2.45, 2.75) is 45.3 Å². The molecule has 0 unspecified atom stereocenters. The minimum Gasteiger partial charge on any atom is -0.469 e. The summed E-state index contributed by atoms with van der Waals surface area (Å²) in [6.45, 7) is 7.62. The molecule has 4 nitrogen and oxygen atoms in total. The van der Waals surface area contributed by atoms with Crippen molar-refractivity contribution < 1.29 is 23.2 Å². The van der Waals surface area contributed by atoms with Crippen molar-refractivity contribution in [2.75, 3.05) is 7.11 Å². The van der Waals surface area contributed by atoms with Crippen LogP contribution in [0.5, 0.6) is 0 Å². The second-order valence-electron chi connectivity index (χ2n) is 6.16. The minimum absolute atomic E-state index is 0.115. The van der Waals surface area contributed by atoms with E-state index in [2.05, 4.69) is 4.74 Å². The minimum atomic E-state index is -0.785. The number of carbonyl (C=O) groups is 1. The van der Waals surface area contributed by atoms with E-state index in [4.69, 9.17) is 9.31 Å². The van der Waals surface area contributed by atoms with Gasteiger partial charge in [0.15, 0.2) is 0 Å². The van der Waals surface area contributed by atoms with Crippen molar-refractivity contribution in [3.8, 4) is 0 Å². The van der Waals surface area contributed by atoms with Gasteiger partial charge < -0.3 is 14.0 Å². The Labute approximate surface area is 124 Å². The van der Waals surface area contributed by atoms with Crippen LogP contribution in [0.25, 0.3) is 0 Å². The summed E-state index contributed by atoms with van der Waals surface area (Å²) in [7, 11) is 0.491. The quantitative estimate of drug-likeness (QED) is 0.630. The van der Waals surface area contributed by atoms with Gasteiger partial charge in [0.05, 0.1) is 24.7 Å². The molecule has 6 heteroatoms. The molecule has 114 valence electrons. The van der Waals surface area contributed by atoms with E-state index in [1.165, 1.54) is 7.11 Å². The predicted octanol–water partition coefficient (Wildman–Crippen LogP) is 1.84. The zero-order valence-electron chi connectivity index (χ0n) is 13.0. The lowest BCUT2D eigenvalue weighted by molar-refractivity contribution is -0.139. The van der Waals surface area contributed by atoms with Gasteiger partial charge in [0.2, 0.25) is 0 Å². The third-order valence-corrected chi connectivity index (χ3v) is 4.18. The largest absolute Gasteiger partial charge is 0.497 e. The molecule has 1 aliphatic rings. The highest BCUT2D eigenvalue weighted by atomic mass is 19.1. The van der Waals surface area contributed by atoms with Crippen LogP contribution in [0.2, 0.25) is 0 Å². The number of benzene rings is 1. The summed E-state index contributed by atoms with van der Waals surface area (Å²) >= 11 is 0. The Morgan fingerprint density at radius 3 is 2.33 bits per heavy atom. The smallest absolute Gasteiger partial charge is 0.469 e. The Bertz CT molecular complexity index is 541. The molecule has 0 spiro atoms. The van der Waals surface area contributed by atoms with Gasteiger partial charge in [0.25, 0.3) is 0 Å². The van der Waals surface area contributed by atoms with Crippen LogP contribution in [0.3, 0.4) is 0 Å². The van der Waals surface area contributed by atoms with E-state index in [1.807, 2.05) is 27.7 Å². The van der Waals surface area contributed by atoms with Crippen molar-refractivity contribution in [3.05, 3.63) is 29.6 Å². The van der Waals surface area contributed by atoms with Gasteiger partial charge >= 0.3 is 13.1 Å². The van der Waals surface area contributed by atoms with Crippen molar-refractivity contribution in [2.24, 2.45) is 0 Å². The Morgan fingerprint density at radius 1 is 1.24 bits per heavy atom. The maximum absolute atomic E-state index is 14.6. The number of methoxy groups -OCH3 is 1. The zero-order chi connectivity index (χ0) is 15.8. The number of rotatable bonds is 3. The third kappa shape index (κ3) is 2.96. The number of hydrogen-bond donors (Lipinski definition) is 0. The molecule has 0 N–H and O–H groups in total. The molecule has 0 amide bonds. The van der Waals surface area contributed by atoms with Crippen LogP contribution in [0, 0.1) is 5.82 Å². The van der Waals surface area contributed by atoms with Crippen LogP contribution in [0.4, 0.5) is 4.39 Å². The number of carbonyl (C=O) groups excluding carboxylic acids is 1. The lowest BCUT2D eigenvalue weighted by Crippen LogP contribution is -2.41. The summed E-state index contributed by atoms with van der Waals surface area (Å²) in [6.07, 6.45) is -0.115. The van der Waals surface area contributed by atoms with Crippen LogP contribution in [0.15, 0.2) is 18.2 Å². The Morgan fingerprint density at radius 2 is 1.81 bits per heavy atom. The highest BCUT2D eigenvalue weighted by Gasteiger charge is 2.52. The number of hydrogen-bond acceptors (Lipinski definition) is 4. The van der Waals surface area contributed by atoms with Crippen LogP contribution in [-0.4, -0.2) is 31.4 Å². The standard InChI is InChI=1S/C15H20BFO4/c1-14(2)15(3,4)21-16(20-14)11-8-6-7-10(13(11)17)9-12(18)19-5/h6-8H,9H2,1-5H3. The topological polar surface area (TPSA) is 44.8 Å². The van der Waals surface area contributed by atoms with Gasteiger partial charge in [-0.1, -0.05) is 18.2 Å². The van der Waals surface area contributed by atoms with Crippen LogP contribution >= 0.6 is 0 Å². The normalized spacial score (nSPS) is 19.6. The van der Waals surface area contributed by atoms with Crippen molar-refractivity contribution in [1.82, 2.24) is 0 Å². The van der Waals surface area contributed by atoms with E-state index in [1.54, 1.807) is 18.2 Å². The molecular weight excluding hydrogens is 274 g/mol. The summed E-state index contributed by atoms with van der Waals surface area (Å²) in [5, 5.41) is 0. The fourth-order valence-corrected chi connectivity index (χ4v) is 2.12. The predicted molar refractivity (Wildman–Crippen MR) is 77.8 cm³/mol. The summed E-state index contributed by atoms with van der Waals surface area (Å²) in [5.41, 5.74) is -0.505. The molecule has 1 fully saturated rings. The Hall–Kier alpha value is -1.40. The second kappa shape index (κ2) is 5.42. The molecule has 0 aliphatic carbocycles. The molecule has 1 saturated heterocycles. The number of halogens is 1. The van der Waals surface area contributed by atoms with Gasteiger partial charge in [-0.25, -0.2) is 4.39 Å². The van der Waals surface area contributed by atoms with Gasteiger partial charge in [0, 0.05) is 5.46 Å². The van der Waals surface area contributed by atoms with Crippen molar-refractivity contribution >= 4 is 18.6 Å². The average Bonchev–Trinajstić information content (AvgIpc) is 2.60. The molecule has 1 aromatic rings. The van der Waals surface area contributed by atoms with Gasteiger partial charge in [-0.05, 0) is 33.3 Å². The van der Waals surface area contributed by atoms with Gasteiger partial charge in [-0.2, -0.15) is 0 Å². The third-order valence-electron chi connectivity index (χ3n) is 4.18. The Balaban J connectivity index is 2.30. The van der Waals surface area contributed by atoms with E-state index < -0.39 is 30.1 Å².